The number of benzene rings is 2. The summed E-state index contributed by atoms with van der Waals surface area (Å²) in [6.45, 7) is 0.885. The minimum atomic E-state index is -0.875. The highest BCUT2D eigenvalue weighted by molar-refractivity contribution is 7.17. The van der Waals surface area contributed by atoms with Gasteiger partial charge < -0.3 is 9.64 Å². The van der Waals surface area contributed by atoms with Crippen molar-refractivity contribution in [1.29, 1.82) is 0 Å². The number of piperidine rings is 1. The van der Waals surface area contributed by atoms with Gasteiger partial charge in [-0.05, 0) is 41.8 Å². The van der Waals surface area contributed by atoms with Crippen molar-refractivity contribution < 1.29 is 23.1 Å². The third-order valence-corrected chi connectivity index (χ3v) is 6.22. The van der Waals surface area contributed by atoms with Crippen LogP contribution in [-0.4, -0.2) is 29.9 Å². The van der Waals surface area contributed by atoms with Crippen LogP contribution in [0.3, 0.4) is 0 Å². The van der Waals surface area contributed by atoms with Gasteiger partial charge in [0.25, 0.3) is 5.91 Å². The average molecular weight is 415 g/mol. The van der Waals surface area contributed by atoms with E-state index < -0.39 is 17.5 Å². The summed E-state index contributed by atoms with van der Waals surface area (Å²) in [7, 11) is 0. The summed E-state index contributed by atoms with van der Waals surface area (Å²) in [6, 6.07) is 10.9. The predicted molar refractivity (Wildman–Crippen MR) is 107 cm³/mol. The van der Waals surface area contributed by atoms with Crippen molar-refractivity contribution in [2.75, 3.05) is 13.1 Å². The number of hydrogen-bond acceptors (Lipinski definition) is 4. The van der Waals surface area contributed by atoms with Gasteiger partial charge in [0.05, 0.1) is 11.5 Å². The molecule has 1 aromatic heterocycles. The summed E-state index contributed by atoms with van der Waals surface area (Å²) in [5.74, 6) is -2.65. The maximum Gasteiger partial charge on any atom is 0.309 e. The molecule has 3 aromatic rings. The summed E-state index contributed by atoms with van der Waals surface area (Å²) in [5.41, 5.74) is 0.829. The lowest BCUT2D eigenvalue weighted by Gasteiger charge is -2.31. The van der Waals surface area contributed by atoms with Gasteiger partial charge in [-0.3, -0.25) is 9.59 Å². The van der Waals surface area contributed by atoms with Crippen LogP contribution in [0, 0.1) is 17.6 Å². The molecule has 0 N–H and O–H groups in total. The van der Waals surface area contributed by atoms with E-state index in [9.17, 15) is 18.4 Å². The van der Waals surface area contributed by atoms with Crippen LogP contribution < -0.4 is 0 Å². The zero-order chi connectivity index (χ0) is 20.4. The summed E-state index contributed by atoms with van der Waals surface area (Å²) in [4.78, 5) is 26.4. The van der Waals surface area contributed by atoms with Gasteiger partial charge in [0.1, 0.15) is 18.2 Å². The van der Waals surface area contributed by atoms with Crippen molar-refractivity contribution in [3.63, 3.8) is 0 Å². The molecule has 0 saturated carbocycles. The van der Waals surface area contributed by atoms with Crippen LogP contribution in [0.5, 0.6) is 0 Å². The Kier molecular flexibility index (Phi) is 5.58. The van der Waals surface area contributed by atoms with Gasteiger partial charge in [-0.2, -0.15) is 0 Å². The number of nitrogens with zero attached hydrogens (tertiary/aromatic N) is 1. The van der Waals surface area contributed by atoms with E-state index in [4.69, 9.17) is 4.74 Å². The maximum absolute atomic E-state index is 13.8. The SMILES string of the molecule is O=C(OCc1csc2ccccc12)C1CCN(C(=O)c2ccc(F)cc2F)CC1. The highest BCUT2D eigenvalue weighted by Gasteiger charge is 2.30. The lowest BCUT2D eigenvalue weighted by molar-refractivity contribution is -0.151. The first-order valence-corrected chi connectivity index (χ1v) is 10.3. The molecule has 7 heteroatoms. The second-order valence-corrected chi connectivity index (χ2v) is 7.97. The van der Waals surface area contributed by atoms with E-state index in [0.29, 0.717) is 32.0 Å². The summed E-state index contributed by atoms with van der Waals surface area (Å²) < 4.78 is 33.5. The Bertz CT molecular complexity index is 1060. The topological polar surface area (TPSA) is 46.6 Å². The largest absolute Gasteiger partial charge is 0.461 e. The maximum atomic E-state index is 13.8. The zero-order valence-corrected chi connectivity index (χ0v) is 16.4. The third-order valence-electron chi connectivity index (χ3n) is 5.21. The Morgan fingerprint density at radius 2 is 1.86 bits per heavy atom. The number of fused-ring (bicyclic) bond motifs is 1. The molecule has 2 heterocycles. The first kappa shape index (κ1) is 19.5. The van der Waals surface area contributed by atoms with Crippen LogP contribution in [0.1, 0.15) is 28.8 Å². The number of amides is 1. The van der Waals surface area contributed by atoms with Crippen LogP contribution in [0.2, 0.25) is 0 Å². The minimum Gasteiger partial charge on any atom is -0.461 e. The number of hydrogen-bond donors (Lipinski definition) is 0. The number of thiophene rings is 1. The van der Waals surface area contributed by atoms with Gasteiger partial charge >= 0.3 is 5.97 Å². The van der Waals surface area contributed by atoms with Crippen molar-refractivity contribution >= 4 is 33.3 Å². The second-order valence-electron chi connectivity index (χ2n) is 7.06. The van der Waals surface area contributed by atoms with Gasteiger partial charge in [-0.15, -0.1) is 11.3 Å². The molecular formula is C22H19F2NO3S. The lowest BCUT2D eigenvalue weighted by atomic mass is 9.96. The van der Waals surface area contributed by atoms with Crippen molar-refractivity contribution in [2.45, 2.75) is 19.4 Å². The number of likely N-dealkylation sites (tertiary alicyclic amines) is 1. The molecule has 150 valence electrons. The monoisotopic (exact) mass is 415 g/mol. The molecule has 0 aliphatic carbocycles. The molecule has 0 atom stereocenters. The molecule has 1 aliphatic heterocycles. The van der Waals surface area contributed by atoms with E-state index in [1.165, 1.54) is 4.90 Å². The normalized spacial score (nSPS) is 14.9. The van der Waals surface area contributed by atoms with Crippen LogP contribution in [0.4, 0.5) is 8.78 Å². The Balaban J connectivity index is 1.32. The number of carbonyl (C=O) groups excluding carboxylic acids is 2. The Morgan fingerprint density at radius 1 is 1.10 bits per heavy atom. The summed E-state index contributed by atoms with van der Waals surface area (Å²) in [6.07, 6.45) is 0.912. The Labute approximate surface area is 170 Å². The predicted octanol–water partition coefficient (Wildman–Crippen LogP) is 4.78. The minimum absolute atomic E-state index is 0.156. The van der Waals surface area contributed by atoms with Crippen LogP contribution >= 0.6 is 11.3 Å². The number of esters is 1. The van der Waals surface area contributed by atoms with E-state index in [-0.39, 0.29) is 24.1 Å². The molecule has 0 unspecified atom stereocenters. The van der Waals surface area contributed by atoms with Crippen LogP contribution in [0.25, 0.3) is 10.1 Å². The Hall–Kier alpha value is -2.80. The highest BCUT2D eigenvalue weighted by Crippen LogP contribution is 2.27. The van der Waals surface area contributed by atoms with Gasteiger partial charge in [0.2, 0.25) is 0 Å². The number of rotatable bonds is 4. The molecule has 29 heavy (non-hydrogen) atoms. The summed E-state index contributed by atoms with van der Waals surface area (Å²) in [5, 5.41) is 3.09. The fourth-order valence-corrected chi connectivity index (χ4v) is 4.51. The zero-order valence-electron chi connectivity index (χ0n) is 15.6. The van der Waals surface area contributed by atoms with E-state index in [0.717, 1.165) is 27.8 Å². The second kappa shape index (κ2) is 8.29. The molecule has 1 aliphatic rings. The van der Waals surface area contributed by atoms with Crippen molar-refractivity contribution in [3.05, 3.63) is 70.6 Å². The average Bonchev–Trinajstić information content (AvgIpc) is 3.15. The standard InChI is InChI=1S/C22H19F2NO3S/c23-16-5-6-18(19(24)11-16)21(26)25-9-7-14(8-10-25)22(27)28-12-15-13-29-20-4-2-1-3-17(15)20/h1-6,11,13-14H,7-10,12H2. The highest BCUT2D eigenvalue weighted by atomic mass is 32.1. The van der Waals surface area contributed by atoms with Gasteiger partial charge in [-0.1, -0.05) is 18.2 Å². The van der Waals surface area contributed by atoms with Gasteiger partial charge in [0, 0.05) is 29.4 Å². The molecule has 2 aromatic carbocycles. The van der Waals surface area contributed by atoms with E-state index in [1.54, 1.807) is 11.3 Å². The first-order chi connectivity index (χ1) is 14.0. The smallest absolute Gasteiger partial charge is 0.309 e. The molecule has 0 bridgehead atoms. The van der Waals surface area contributed by atoms with Crippen molar-refractivity contribution in [1.82, 2.24) is 4.90 Å². The number of halogens is 2. The molecular weight excluding hydrogens is 396 g/mol. The molecule has 1 saturated heterocycles. The van der Waals surface area contributed by atoms with Crippen LogP contribution in [0.15, 0.2) is 47.8 Å². The molecule has 0 radical (unpaired) electrons. The molecule has 1 fully saturated rings. The Morgan fingerprint density at radius 3 is 2.62 bits per heavy atom. The van der Waals surface area contributed by atoms with Gasteiger partial charge in [-0.25, -0.2) is 8.78 Å². The molecule has 0 spiro atoms. The van der Waals surface area contributed by atoms with Crippen molar-refractivity contribution in [2.24, 2.45) is 5.92 Å². The first-order valence-electron chi connectivity index (χ1n) is 9.39. The van der Waals surface area contributed by atoms with Gasteiger partial charge in [0.15, 0.2) is 0 Å². The van der Waals surface area contributed by atoms with Crippen molar-refractivity contribution in [3.8, 4) is 0 Å². The van der Waals surface area contributed by atoms with E-state index >= 15 is 0 Å². The number of ether oxygens (including phenoxy) is 1. The molecule has 1 amide bonds. The fourth-order valence-electron chi connectivity index (χ4n) is 3.56. The van der Waals surface area contributed by atoms with E-state index in [2.05, 4.69) is 0 Å². The summed E-state index contributed by atoms with van der Waals surface area (Å²) >= 11 is 1.62. The number of carbonyl (C=O) groups is 2. The molecule has 4 nitrogen and oxygen atoms in total. The lowest BCUT2D eigenvalue weighted by Crippen LogP contribution is -2.41. The van der Waals surface area contributed by atoms with Crippen LogP contribution in [-0.2, 0) is 16.1 Å². The van der Waals surface area contributed by atoms with E-state index in [1.807, 2.05) is 29.6 Å². The quantitative estimate of drug-likeness (QED) is 0.577. The fraction of sp³-hybridized carbons (Fsp3) is 0.273. The molecule has 4 rings (SSSR count). The third kappa shape index (κ3) is 4.15.